The lowest BCUT2D eigenvalue weighted by molar-refractivity contribution is -0.129. The summed E-state index contributed by atoms with van der Waals surface area (Å²) < 4.78 is 0. The molecule has 1 saturated heterocycles. The smallest absolute Gasteiger partial charge is 0.249 e. The highest BCUT2D eigenvalue weighted by Crippen LogP contribution is 2.46. The van der Waals surface area contributed by atoms with Crippen LogP contribution < -0.4 is 5.32 Å². The third-order valence-corrected chi connectivity index (χ3v) is 7.17. The molecule has 3 aliphatic rings. The van der Waals surface area contributed by atoms with Gasteiger partial charge in [-0.05, 0) is 71.1 Å². The van der Waals surface area contributed by atoms with E-state index in [0.29, 0.717) is 12.3 Å². The predicted molar refractivity (Wildman–Crippen MR) is 112 cm³/mol. The Labute approximate surface area is 173 Å². The fourth-order valence-corrected chi connectivity index (χ4v) is 5.13. The number of likely N-dealkylation sites (tertiary alicyclic amines) is 1. The van der Waals surface area contributed by atoms with Crippen LogP contribution in [-0.2, 0) is 16.0 Å². The number of nitrogens with zero attached hydrogens (tertiary/aromatic N) is 2. The standard InChI is InChI=1S/C23H34N4O2/c1-16-20(17(2)26-25-16)15-21(28)24-23(11-12-23)19-9-13-27(14-10-19)22(29)18-7-5-3-4-6-8-18/h7,19H,3-6,8-15H2,1-2H3,(H,24,28)(H,25,26). The molecule has 0 atom stereocenters. The number of rotatable bonds is 5. The molecule has 0 unspecified atom stereocenters. The van der Waals surface area contributed by atoms with Crippen LogP contribution >= 0.6 is 0 Å². The van der Waals surface area contributed by atoms with Gasteiger partial charge < -0.3 is 10.2 Å². The molecule has 0 radical (unpaired) electrons. The van der Waals surface area contributed by atoms with Gasteiger partial charge in [-0.1, -0.05) is 12.5 Å². The Kier molecular flexibility index (Phi) is 5.79. The van der Waals surface area contributed by atoms with Crippen molar-refractivity contribution in [3.05, 3.63) is 28.6 Å². The van der Waals surface area contributed by atoms with E-state index in [2.05, 4.69) is 21.6 Å². The maximum atomic E-state index is 12.9. The first kappa shape index (κ1) is 20.2. The van der Waals surface area contributed by atoms with Crippen molar-refractivity contribution in [2.24, 2.45) is 5.92 Å². The molecule has 1 aromatic heterocycles. The van der Waals surface area contributed by atoms with Gasteiger partial charge in [0.1, 0.15) is 0 Å². The van der Waals surface area contributed by atoms with E-state index in [9.17, 15) is 9.59 Å². The predicted octanol–water partition coefficient (Wildman–Crippen LogP) is 3.35. The summed E-state index contributed by atoms with van der Waals surface area (Å²) in [6.07, 6.45) is 12.2. The molecule has 6 nitrogen and oxygen atoms in total. The van der Waals surface area contributed by atoms with Crippen LogP contribution in [0.1, 0.15) is 74.7 Å². The number of piperidine rings is 1. The number of nitrogens with one attached hydrogen (secondary N) is 2. The first-order valence-corrected chi connectivity index (χ1v) is 11.3. The molecule has 29 heavy (non-hydrogen) atoms. The van der Waals surface area contributed by atoms with Crippen molar-refractivity contribution in [2.75, 3.05) is 13.1 Å². The summed E-state index contributed by atoms with van der Waals surface area (Å²) in [5.41, 5.74) is 3.88. The molecule has 2 heterocycles. The average molecular weight is 399 g/mol. The fraction of sp³-hybridized carbons (Fsp3) is 0.696. The normalized spacial score (nSPS) is 22.0. The largest absolute Gasteiger partial charge is 0.350 e. The van der Waals surface area contributed by atoms with E-state index in [4.69, 9.17) is 0 Å². The third-order valence-electron chi connectivity index (χ3n) is 7.17. The summed E-state index contributed by atoms with van der Waals surface area (Å²) in [5, 5.41) is 10.5. The van der Waals surface area contributed by atoms with E-state index in [1.807, 2.05) is 18.7 Å². The number of amides is 2. The molecule has 0 aromatic carbocycles. The second kappa shape index (κ2) is 8.33. The monoisotopic (exact) mass is 398 g/mol. The van der Waals surface area contributed by atoms with Crippen molar-refractivity contribution in [2.45, 2.75) is 83.6 Å². The molecule has 6 heteroatoms. The van der Waals surface area contributed by atoms with Crippen molar-refractivity contribution in [1.29, 1.82) is 0 Å². The van der Waals surface area contributed by atoms with Gasteiger partial charge in [0.15, 0.2) is 0 Å². The summed E-state index contributed by atoms with van der Waals surface area (Å²) in [4.78, 5) is 27.6. The number of hydrogen-bond donors (Lipinski definition) is 2. The lowest BCUT2D eigenvalue weighted by atomic mass is 9.86. The van der Waals surface area contributed by atoms with Crippen molar-refractivity contribution >= 4 is 11.8 Å². The third kappa shape index (κ3) is 4.41. The lowest BCUT2D eigenvalue weighted by Gasteiger charge is -2.37. The lowest BCUT2D eigenvalue weighted by Crippen LogP contribution is -2.49. The number of H-pyrrole nitrogens is 1. The van der Waals surface area contributed by atoms with Gasteiger partial charge in [0.2, 0.25) is 11.8 Å². The second-order valence-corrected chi connectivity index (χ2v) is 9.19. The Bertz CT molecular complexity index is 778. The number of hydrogen-bond acceptors (Lipinski definition) is 3. The van der Waals surface area contributed by atoms with Crippen LogP contribution in [0.25, 0.3) is 0 Å². The number of aromatic amines is 1. The zero-order chi connectivity index (χ0) is 20.4. The molecule has 2 fully saturated rings. The first-order chi connectivity index (χ1) is 14.0. The van der Waals surface area contributed by atoms with Crippen LogP contribution in [0.15, 0.2) is 11.6 Å². The minimum Gasteiger partial charge on any atom is -0.350 e. The summed E-state index contributed by atoms with van der Waals surface area (Å²) >= 11 is 0. The summed E-state index contributed by atoms with van der Waals surface area (Å²) in [6.45, 7) is 5.54. The Morgan fingerprint density at radius 1 is 1.21 bits per heavy atom. The van der Waals surface area contributed by atoms with Gasteiger partial charge in [0.25, 0.3) is 0 Å². The van der Waals surface area contributed by atoms with Gasteiger partial charge in [0, 0.05) is 35.5 Å². The Hall–Kier alpha value is -2.11. The van der Waals surface area contributed by atoms with Crippen LogP contribution in [0.5, 0.6) is 0 Å². The van der Waals surface area contributed by atoms with E-state index in [1.54, 1.807) is 0 Å². The molecular weight excluding hydrogens is 364 g/mol. The molecule has 0 spiro atoms. The Balaban J connectivity index is 1.30. The Morgan fingerprint density at radius 3 is 2.62 bits per heavy atom. The van der Waals surface area contributed by atoms with Gasteiger partial charge in [0.05, 0.1) is 12.1 Å². The molecule has 1 aromatic rings. The summed E-state index contributed by atoms with van der Waals surface area (Å²) in [5.74, 6) is 0.826. The van der Waals surface area contributed by atoms with E-state index < -0.39 is 0 Å². The van der Waals surface area contributed by atoms with Gasteiger partial charge in [-0.2, -0.15) is 5.10 Å². The first-order valence-electron chi connectivity index (χ1n) is 11.3. The second-order valence-electron chi connectivity index (χ2n) is 9.19. The minimum absolute atomic E-state index is 0.0423. The van der Waals surface area contributed by atoms with Crippen LogP contribution in [0.2, 0.25) is 0 Å². The van der Waals surface area contributed by atoms with Crippen LogP contribution in [0.4, 0.5) is 0 Å². The molecular formula is C23H34N4O2. The molecule has 2 N–H and O–H groups in total. The van der Waals surface area contributed by atoms with Gasteiger partial charge in [-0.15, -0.1) is 0 Å². The number of aromatic nitrogens is 2. The zero-order valence-electron chi connectivity index (χ0n) is 17.9. The fourth-order valence-electron chi connectivity index (χ4n) is 5.13. The summed E-state index contributed by atoms with van der Waals surface area (Å²) in [6, 6.07) is 0. The average Bonchev–Trinajstić information content (AvgIpc) is 3.49. The van der Waals surface area contributed by atoms with Crippen molar-refractivity contribution in [3.8, 4) is 0 Å². The SMILES string of the molecule is Cc1n[nH]c(C)c1CC(=O)NC1(C2CCN(C(=O)C3=CCCCCC3)CC2)CC1. The molecule has 2 aliphatic carbocycles. The molecule has 4 rings (SSSR count). The van der Waals surface area contributed by atoms with Crippen molar-refractivity contribution in [3.63, 3.8) is 0 Å². The van der Waals surface area contributed by atoms with Gasteiger partial charge in [-0.3, -0.25) is 14.7 Å². The van der Waals surface area contributed by atoms with Crippen molar-refractivity contribution in [1.82, 2.24) is 20.4 Å². The molecule has 1 saturated carbocycles. The number of allylic oxidation sites excluding steroid dienone is 1. The maximum absolute atomic E-state index is 12.9. The highest BCUT2D eigenvalue weighted by Gasteiger charge is 2.51. The highest BCUT2D eigenvalue weighted by molar-refractivity contribution is 5.93. The van der Waals surface area contributed by atoms with Gasteiger partial charge in [-0.25, -0.2) is 0 Å². The van der Waals surface area contributed by atoms with E-state index in [1.165, 1.54) is 12.8 Å². The van der Waals surface area contributed by atoms with Crippen LogP contribution in [-0.4, -0.2) is 45.5 Å². The van der Waals surface area contributed by atoms with Gasteiger partial charge >= 0.3 is 0 Å². The summed E-state index contributed by atoms with van der Waals surface area (Å²) in [7, 11) is 0. The van der Waals surface area contributed by atoms with Crippen LogP contribution in [0.3, 0.4) is 0 Å². The maximum Gasteiger partial charge on any atom is 0.249 e. The molecule has 2 amide bonds. The molecule has 0 bridgehead atoms. The van der Waals surface area contributed by atoms with E-state index in [0.717, 1.165) is 80.6 Å². The molecule has 158 valence electrons. The number of carbonyl (C=O) groups excluding carboxylic acids is 2. The topological polar surface area (TPSA) is 78.1 Å². The zero-order valence-corrected chi connectivity index (χ0v) is 17.9. The number of carbonyl (C=O) groups is 2. The van der Waals surface area contributed by atoms with Crippen molar-refractivity contribution < 1.29 is 9.59 Å². The Morgan fingerprint density at radius 2 is 1.97 bits per heavy atom. The van der Waals surface area contributed by atoms with E-state index >= 15 is 0 Å². The minimum atomic E-state index is -0.0423. The molecule has 1 aliphatic heterocycles. The highest BCUT2D eigenvalue weighted by atomic mass is 16.2. The van der Waals surface area contributed by atoms with Crippen LogP contribution in [0, 0.1) is 19.8 Å². The quantitative estimate of drug-likeness (QED) is 0.798. The number of aryl methyl sites for hydroxylation is 2. The van der Waals surface area contributed by atoms with E-state index in [-0.39, 0.29) is 17.4 Å².